The lowest BCUT2D eigenvalue weighted by molar-refractivity contribution is 0.298. The maximum atomic E-state index is 13.4. The Morgan fingerprint density at radius 1 is 1.25 bits per heavy atom. The summed E-state index contributed by atoms with van der Waals surface area (Å²) in [5.74, 6) is 0.663. The van der Waals surface area contributed by atoms with Crippen molar-refractivity contribution in [1.82, 2.24) is 24.5 Å². The molecule has 1 aliphatic rings. The number of fused-ring (bicyclic) bond motifs is 2. The third-order valence-electron chi connectivity index (χ3n) is 5.77. The minimum Gasteiger partial charge on any atom is -0.360 e. The van der Waals surface area contributed by atoms with Crippen molar-refractivity contribution in [2.75, 3.05) is 5.32 Å². The SMILES string of the molecule is Cc1cccc2cc([C@H](C)Nc3ncnc4[nH]cnc34)n(C3CCC3)c(=O)c12. The molecule has 5 rings (SSSR count). The fourth-order valence-electron chi connectivity index (χ4n) is 4.07. The number of hydrogen-bond acceptors (Lipinski definition) is 5. The van der Waals surface area contributed by atoms with Crippen LogP contribution in [0, 0.1) is 6.92 Å². The van der Waals surface area contributed by atoms with Gasteiger partial charge < -0.3 is 14.9 Å². The molecule has 0 bridgehead atoms. The Labute approximate surface area is 161 Å². The highest BCUT2D eigenvalue weighted by Crippen LogP contribution is 2.34. The van der Waals surface area contributed by atoms with Crippen LogP contribution in [0.4, 0.5) is 5.82 Å². The molecule has 0 radical (unpaired) electrons. The smallest absolute Gasteiger partial charge is 0.259 e. The van der Waals surface area contributed by atoms with E-state index in [1.807, 2.05) is 29.7 Å². The molecule has 0 saturated heterocycles. The Morgan fingerprint density at radius 2 is 2.11 bits per heavy atom. The molecular weight excluding hydrogens is 352 g/mol. The molecule has 1 aromatic carbocycles. The highest BCUT2D eigenvalue weighted by atomic mass is 16.1. The van der Waals surface area contributed by atoms with E-state index in [4.69, 9.17) is 0 Å². The first-order valence-corrected chi connectivity index (χ1v) is 9.69. The van der Waals surface area contributed by atoms with Gasteiger partial charge in [-0.2, -0.15) is 0 Å². The highest BCUT2D eigenvalue weighted by molar-refractivity contribution is 5.85. The summed E-state index contributed by atoms with van der Waals surface area (Å²) in [6, 6.07) is 8.33. The van der Waals surface area contributed by atoms with Gasteiger partial charge in [0.05, 0.1) is 17.8 Å². The number of H-pyrrole nitrogens is 1. The first kappa shape index (κ1) is 16.9. The number of pyridine rings is 1. The van der Waals surface area contributed by atoms with Gasteiger partial charge in [-0.05, 0) is 50.1 Å². The molecule has 3 aromatic heterocycles. The summed E-state index contributed by atoms with van der Waals surface area (Å²) in [5, 5.41) is 5.25. The van der Waals surface area contributed by atoms with Crippen LogP contribution in [-0.4, -0.2) is 24.5 Å². The summed E-state index contributed by atoms with van der Waals surface area (Å²) in [6.07, 6.45) is 6.39. The number of benzene rings is 1. The fourth-order valence-corrected chi connectivity index (χ4v) is 4.07. The van der Waals surface area contributed by atoms with Crippen molar-refractivity contribution in [3.63, 3.8) is 0 Å². The molecule has 3 heterocycles. The summed E-state index contributed by atoms with van der Waals surface area (Å²) < 4.78 is 2.00. The van der Waals surface area contributed by atoms with Gasteiger partial charge in [-0.15, -0.1) is 0 Å². The van der Waals surface area contributed by atoms with E-state index in [0.717, 1.165) is 34.9 Å². The minimum atomic E-state index is -0.104. The molecule has 0 aliphatic heterocycles. The van der Waals surface area contributed by atoms with Gasteiger partial charge in [0.1, 0.15) is 11.8 Å². The maximum absolute atomic E-state index is 13.4. The Bertz CT molecular complexity index is 1240. The van der Waals surface area contributed by atoms with E-state index in [2.05, 4.69) is 38.2 Å². The average Bonchev–Trinajstić information content (AvgIpc) is 3.12. The molecule has 0 spiro atoms. The summed E-state index contributed by atoms with van der Waals surface area (Å²) in [5.41, 5.74) is 3.50. The van der Waals surface area contributed by atoms with Crippen molar-refractivity contribution >= 4 is 27.8 Å². The first-order valence-electron chi connectivity index (χ1n) is 9.69. The second-order valence-electron chi connectivity index (χ2n) is 7.56. The zero-order chi connectivity index (χ0) is 19.3. The van der Waals surface area contributed by atoms with E-state index < -0.39 is 0 Å². The summed E-state index contributed by atoms with van der Waals surface area (Å²) in [6.45, 7) is 4.07. The summed E-state index contributed by atoms with van der Waals surface area (Å²) in [4.78, 5) is 29.3. The number of rotatable bonds is 4. The van der Waals surface area contributed by atoms with Crippen molar-refractivity contribution in [3.8, 4) is 0 Å². The lowest BCUT2D eigenvalue weighted by atomic mass is 9.91. The van der Waals surface area contributed by atoms with Crippen molar-refractivity contribution in [1.29, 1.82) is 0 Å². The summed E-state index contributed by atoms with van der Waals surface area (Å²) >= 11 is 0. The fraction of sp³-hybridized carbons (Fsp3) is 0.333. The Morgan fingerprint density at radius 3 is 2.89 bits per heavy atom. The van der Waals surface area contributed by atoms with Crippen LogP contribution in [0.1, 0.15) is 49.5 Å². The lowest BCUT2D eigenvalue weighted by Gasteiger charge is -2.32. The molecule has 2 N–H and O–H groups in total. The van der Waals surface area contributed by atoms with Crippen LogP contribution in [0.15, 0.2) is 41.7 Å². The van der Waals surface area contributed by atoms with Gasteiger partial charge in [0.2, 0.25) is 0 Å². The second-order valence-corrected chi connectivity index (χ2v) is 7.56. The topological polar surface area (TPSA) is 88.5 Å². The van der Waals surface area contributed by atoms with Gasteiger partial charge in [0.25, 0.3) is 5.56 Å². The predicted molar refractivity (Wildman–Crippen MR) is 110 cm³/mol. The van der Waals surface area contributed by atoms with E-state index in [-0.39, 0.29) is 17.6 Å². The molecule has 142 valence electrons. The van der Waals surface area contributed by atoms with E-state index in [9.17, 15) is 4.79 Å². The van der Waals surface area contributed by atoms with E-state index >= 15 is 0 Å². The molecule has 4 aromatic rings. The number of aryl methyl sites for hydroxylation is 1. The third-order valence-corrected chi connectivity index (χ3v) is 5.77. The number of aromatic nitrogens is 5. The third kappa shape index (κ3) is 2.58. The van der Waals surface area contributed by atoms with Crippen molar-refractivity contribution in [2.24, 2.45) is 0 Å². The van der Waals surface area contributed by atoms with Crippen LogP contribution in [0.2, 0.25) is 0 Å². The number of nitrogens with zero attached hydrogens (tertiary/aromatic N) is 4. The molecular formula is C21H22N6O. The Balaban J connectivity index is 1.65. The molecule has 7 heteroatoms. The molecule has 1 saturated carbocycles. The number of aromatic amines is 1. The van der Waals surface area contributed by atoms with Crippen LogP contribution >= 0.6 is 0 Å². The van der Waals surface area contributed by atoms with Crippen LogP contribution in [0.5, 0.6) is 0 Å². The molecule has 0 unspecified atom stereocenters. The standard InChI is InChI=1S/C21H22N6O/c1-12-5-3-6-14-9-16(27(15-7-4-8-15)21(28)17(12)14)13(2)26-20-18-19(23-10-22-18)24-11-25-20/h3,5-6,9-11,13,15H,4,7-8H2,1-2H3,(H2,22,23,24,25,26)/t13-/m0/s1. The van der Waals surface area contributed by atoms with Crippen LogP contribution in [0.25, 0.3) is 21.9 Å². The van der Waals surface area contributed by atoms with Crippen molar-refractivity contribution in [3.05, 3.63) is 58.5 Å². The zero-order valence-electron chi connectivity index (χ0n) is 15.9. The van der Waals surface area contributed by atoms with E-state index in [1.54, 1.807) is 6.33 Å². The monoisotopic (exact) mass is 374 g/mol. The van der Waals surface area contributed by atoms with E-state index in [0.29, 0.717) is 17.0 Å². The number of hydrogen-bond donors (Lipinski definition) is 2. The number of nitrogens with one attached hydrogen (secondary N) is 2. The molecule has 0 amide bonds. The van der Waals surface area contributed by atoms with Gasteiger partial charge in [-0.1, -0.05) is 18.2 Å². The minimum absolute atomic E-state index is 0.104. The van der Waals surface area contributed by atoms with Gasteiger partial charge in [-0.3, -0.25) is 4.79 Å². The van der Waals surface area contributed by atoms with Gasteiger partial charge in [0, 0.05) is 11.7 Å². The maximum Gasteiger partial charge on any atom is 0.259 e. The number of imidazole rings is 1. The van der Waals surface area contributed by atoms with Gasteiger partial charge >= 0.3 is 0 Å². The van der Waals surface area contributed by atoms with Crippen LogP contribution in [0.3, 0.4) is 0 Å². The van der Waals surface area contributed by atoms with Crippen molar-refractivity contribution < 1.29 is 0 Å². The van der Waals surface area contributed by atoms with E-state index in [1.165, 1.54) is 12.7 Å². The molecule has 1 atom stereocenters. The number of anilines is 1. The second kappa shape index (κ2) is 6.44. The first-order chi connectivity index (χ1) is 13.6. The van der Waals surface area contributed by atoms with Crippen LogP contribution in [-0.2, 0) is 0 Å². The largest absolute Gasteiger partial charge is 0.360 e. The molecule has 1 aliphatic carbocycles. The molecule has 7 nitrogen and oxygen atoms in total. The Hall–Kier alpha value is -3.22. The van der Waals surface area contributed by atoms with Gasteiger partial charge in [-0.25, -0.2) is 15.0 Å². The Kier molecular flexibility index (Phi) is 3.89. The van der Waals surface area contributed by atoms with Crippen LogP contribution < -0.4 is 10.9 Å². The predicted octanol–water partition coefficient (Wildman–Crippen LogP) is 3.87. The zero-order valence-corrected chi connectivity index (χ0v) is 15.9. The summed E-state index contributed by atoms with van der Waals surface area (Å²) in [7, 11) is 0. The quantitative estimate of drug-likeness (QED) is 0.566. The lowest BCUT2D eigenvalue weighted by Crippen LogP contribution is -2.33. The average molecular weight is 374 g/mol. The van der Waals surface area contributed by atoms with Crippen molar-refractivity contribution in [2.45, 2.75) is 45.2 Å². The highest BCUT2D eigenvalue weighted by Gasteiger charge is 2.26. The van der Waals surface area contributed by atoms with Gasteiger partial charge in [0.15, 0.2) is 11.5 Å². The molecule has 1 fully saturated rings. The normalized spacial score (nSPS) is 15.6. The molecule has 28 heavy (non-hydrogen) atoms.